The van der Waals surface area contributed by atoms with E-state index in [1.54, 1.807) is 0 Å². The van der Waals surface area contributed by atoms with Gasteiger partial charge in [0.15, 0.2) is 17.5 Å². The molecule has 0 radical (unpaired) electrons. The second-order valence-corrected chi connectivity index (χ2v) is 12.1. The molecule has 8 rings (SSSR count). The Morgan fingerprint density at radius 2 is 0.778 bits per heavy atom. The largest absolute Gasteiger partial charge is 0.208 e. The van der Waals surface area contributed by atoms with Crippen LogP contribution in [0, 0.1) is 0 Å². The van der Waals surface area contributed by atoms with Crippen molar-refractivity contribution in [2.45, 2.75) is 19.3 Å². The highest BCUT2D eigenvalue weighted by molar-refractivity contribution is 5.88. The Bertz CT molecular complexity index is 2170. The first kappa shape index (κ1) is 26.9. The highest BCUT2D eigenvalue weighted by Crippen LogP contribution is 2.52. The Hall–Kier alpha value is -5.67. The van der Waals surface area contributed by atoms with Gasteiger partial charge in [-0.15, -0.1) is 0 Å². The van der Waals surface area contributed by atoms with Crippen LogP contribution in [0.5, 0.6) is 0 Å². The Labute approximate surface area is 264 Å². The Morgan fingerprint density at radius 3 is 1.47 bits per heavy atom. The maximum Gasteiger partial charge on any atom is 0.164 e. The van der Waals surface area contributed by atoms with Crippen molar-refractivity contribution in [3.8, 4) is 67.5 Å². The maximum absolute atomic E-state index is 5.07. The summed E-state index contributed by atoms with van der Waals surface area (Å²) >= 11 is 0. The molecule has 7 aromatic rings. The molecule has 1 aliphatic rings. The van der Waals surface area contributed by atoms with Gasteiger partial charge in [0.05, 0.1) is 0 Å². The summed E-state index contributed by atoms with van der Waals surface area (Å²) in [6, 6.07) is 53.0. The first-order valence-electron chi connectivity index (χ1n) is 15.4. The highest BCUT2D eigenvalue weighted by Gasteiger charge is 2.37. The van der Waals surface area contributed by atoms with E-state index in [1.165, 1.54) is 33.4 Å². The van der Waals surface area contributed by atoms with Crippen LogP contribution in [0.15, 0.2) is 152 Å². The Balaban J connectivity index is 1.24. The van der Waals surface area contributed by atoms with E-state index in [0.717, 1.165) is 27.8 Å². The lowest BCUT2D eigenvalue weighted by atomic mass is 9.79. The van der Waals surface area contributed by atoms with Crippen LogP contribution in [-0.4, -0.2) is 15.0 Å². The fourth-order valence-corrected chi connectivity index (χ4v) is 6.78. The number of benzene rings is 6. The average Bonchev–Trinajstić information content (AvgIpc) is 3.35. The maximum atomic E-state index is 5.07. The van der Waals surface area contributed by atoms with E-state index in [9.17, 15) is 0 Å². The molecule has 0 amide bonds. The molecule has 0 saturated heterocycles. The molecule has 0 atom stereocenters. The second-order valence-electron chi connectivity index (χ2n) is 12.1. The van der Waals surface area contributed by atoms with E-state index in [4.69, 9.17) is 15.0 Å². The number of fused-ring (bicyclic) bond motifs is 3. The zero-order chi connectivity index (χ0) is 30.4. The summed E-state index contributed by atoms with van der Waals surface area (Å²) in [5.41, 5.74) is 12.9. The zero-order valence-electron chi connectivity index (χ0n) is 25.3. The molecule has 0 spiro atoms. The number of aromatic nitrogens is 3. The molecule has 1 heterocycles. The van der Waals surface area contributed by atoms with E-state index >= 15 is 0 Å². The van der Waals surface area contributed by atoms with E-state index in [0.29, 0.717) is 17.5 Å². The number of nitrogens with zero attached hydrogens (tertiary/aromatic N) is 3. The van der Waals surface area contributed by atoms with Gasteiger partial charge < -0.3 is 0 Å². The van der Waals surface area contributed by atoms with Gasteiger partial charge in [-0.25, -0.2) is 15.0 Å². The lowest BCUT2D eigenvalue weighted by Crippen LogP contribution is -2.16. The van der Waals surface area contributed by atoms with Crippen LogP contribution >= 0.6 is 0 Å². The lowest BCUT2D eigenvalue weighted by Gasteiger charge is -2.24. The topological polar surface area (TPSA) is 38.7 Å². The van der Waals surface area contributed by atoms with Crippen LogP contribution in [0.3, 0.4) is 0 Å². The molecule has 3 nitrogen and oxygen atoms in total. The quantitative estimate of drug-likeness (QED) is 0.204. The molecular weight excluding hydrogens is 546 g/mol. The van der Waals surface area contributed by atoms with Crippen LogP contribution in [0.25, 0.3) is 67.5 Å². The molecule has 0 fully saturated rings. The van der Waals surface area contributed by atoms with E-state index in [1.807, 2.05) is 42.5 Å². The van der Waals surface area contributed by atoms with Gasteiger partial charge in [0, 0.05) is 22.1 Å². The lowest BCUT2D eigenvalue weighted by molar-refractivity contribution is 0.662. The molecule has 3 heteroatoms. The van der Waals surface area contributed by atoms with Crippen molar-refractivity contribution in [3.05, 3.63) is 163 Å². The molecule has 0 N–H and O–H groups in total. The fraction of sp³-hybridized carbons (Fsp3) is 0.0714. The zero-order valence-corrected chi connectivity index (χ0v) is 25.3. The third-order valence-electron chi connectivity index (χ3n) is 8.95. The second kappa shape index (κ2) is 10.8. The normalized spacial score (nSPS) is 12.8. The van der Waals surface area contributed by atoms with Crippen LogP contribution in [0.4, 0.5) is 0 Å². The van der Waals surface area contributed by atoms with Gasteiger partial charge in [-0.3, -0.25) is 0 Å². The number of hydrogen-bond donors (Lipinski definition) is 0. The summed E-state index contributed by atoms with van der Waals surface area (Å²) in [7, 11) is 0. The summed E-state index contributed by atoms with van der Waals surface area (Å²) in [5.74, 6) is 1.96. The minimum Gasteiger partial charge on any atom is -0.208 e. The summed E-state index contributed by atoms with van der Waals surface area (Å²) in [5, 5.41) is 0. The van der Waals surface area contributed by atoms with Gasteiger partial charge in [-0.2, -0.15) is 0 Å². The van der Waals surface area contributed by atoms with Crippen LogP contribution < -0.4 is 0 Å². The van der Waals surface area contributed by atoms with Crippen molar-refractivity contribution in [1.29, 1.82) is 0 Å². The summed E-state index contributed by atoms with van der Waals surface area (Å²) in [6.45, 7) is 4.67. The summed E-state index contributed by atoms with van der Waals surface area (Å²) < 4.78 is 0. The van der Waals surface area contributed by atoms with Crippen LogP contribution in [-0.2, 0) is 5.41 Å². The summed E-state index contributed by atoms with van der Waals surface area (Å²) in [6.07, 6.45) is 0. The molecular formula is C42H31N3. The highest BCUT2D eigenvalue weighted by atomic mass is 15.0. The van der Waals surface area contributed by atoms with Crippen LogP contribution in [0.2, 0.25) is 0 Å². The van der Waals surface area contributed by atoms with Crippen molar-refractivity contribution in [3.63, 3.8) is 0 Å². The molecule has 6 aromatic carbocycles. The molecule has 1 aromatic heterocycles. The minimum atomic E-state index is -0.0823. The van der Waals surface area contributed by atoms with Crippen molar-refractivity contribution in [1.82, 2.24) is 15.0 Å². The van der Waals surface area contributed by atoms with Crippen molar-refractivity contribution in [2.24, 2.45) is 0 Å². The third-order valence-corrected chi connectivity index (χ3v) is 8.95. The molecule has 0 bridgehead atoms. The minimum absolute atomic E-state index is 0.0823. The first-order valence-corrected chi connectivity index (χ1v) is 15.4. The van der Waals surface area contributed by atoms with E-state index in [2.05, 4.69) is 123 Å². The monoisotopic (exact) mass is 577 g/mol. The fourth-order valence-electron chi connectivity index (χ4n) is 6.78. The van der Waals surface area contributed by atoms with E-state index < -0.39 is 0 Å². The third kappa shape index (κ3) is 4.65. The molecule has 1 aliphatic carbocycles. The van der Waals surface area contributed by atoms with Gasteiger partial charge in [0.1, 0.15) is 0 Å². The predicted molar refractivity (Wildman–Crippen MR) is 185 cm³/mol. The summed E-state index contributed by atoms with van der Waals surface area (Å²) in [4.78, 5) is 15.1. The van der Waals surface area contributed by atoms with Gasteiger partial charge in [-0.1, -0.05) is 166 Å². The molecule has 45 heavy (non-hydrogen) atoms. The molecule has 0 saturated carbocycles. The molecule has 0 aliphatic heterocycles. The first-order chi connectivity index (χ1) is 22.1. The van der Waals surface area contributed by atoms with Gasteiger partial charge in [-0.05, 0) is 44.5 Å². The van der Waals surface area contributed by atoms with Crippen molar-refractivity contribution < 1.29 is 0 Å². The van der Waals surface area contributed by atoms with Gasteiger partial charge in [0.2, 0.25) is 0 Å². The van der Waals surface area contributed by atoms with Gasteiger partial charge in [0.25, 0.3) is 0 Å². The van der Waals surface area contributed by atoms with Gasteiger partial charge >= 0.3 is 0 Å². The average molecular weight is 578 g/mol. The smallest absolute Gasteiger partial charge is 0.164 e. The van der Waals surface area contributed by atoms with Crippen molar-refractivity contribution >= 4 is 0 Å². The molecule has 0 unspecified atom stereocenters. The Kier molecular flexibility index (Phi) is 6.46. The number of rotatable bonds is 5. The van der Waals surface area contributed by atoms with Crippen LogP contribution in [0.1, 0.15) is 25.0 Å². The Morgan fingerprint density at radius 1 is 0.333 bits per heavy atom. The number of hydrogen-bond acceptors (Lipinski definition) is 3. The van der Waals surface area contributed by atoms with E-state index in [-0.39, 0.29) is 5.41 Å². The predicted octanol–water partition coefficient (Wildman–Crippen LogP) is 10.5. The molecule has 214 valence electrons. The van der Waals surface area contributed by atoms with Crippen molar-refractivity contribution in [2.75, 3.05) is 0 Å². The standard InChI is InChI=1S/C42H31N3/c1-42(2)37-23-12-11-19-34(37)35-22-13-21-33(38(35)42)29-24-26-31(27-25-29)40-43-39(30-16-7-4-8-17-30)44-41(45-40)36-20-10-9-18-32(36)28-14-5-3-6-15-28/h3-27H,1-2H3. The SMILES string of the molecule is CC1(C)c2ccccc2-c2cccc(-c3ccc(-c4nc(-c5ccccc5)nc(-c5ccccc5-c5ccccc5)n4)cc3)c21.